The zero-order valence-corrected chi connectivity index (χ0v) is 8.80. The van der Waals surface area contributed by atoms with Crippen LogP contribution in [0.25, 0.3) is 0 Å². The molecule has 2 N–H and O–H groups in total. The molecule has 0 amide bonds. The first-order valence-electron chi connectivity index (χ1n) is 4.35. The molecular formula is C8H15N3OS. The number of thioether (sulfide) groups is 1. The van der Waals surface area contributed by atoms with Crippen molar-refractivity contribution < 1.29 is 4.52 Å². The lowest BCUT2D eigenvalue weighted by atomic mass is 10.2. The summed E-state index contributed by atoms with van der Waals surface area (Å²) < 4.78 is 4.97. The number of nitrogens with two attached hydrogens (primary N) is 1. The van der Waals surface area contributed by atoms with Crippen LogP contribution in [0.2, 0.25) is 0 Å². The maximum Gasteiger partial charge on any atom is 0.226 e. The Morgan fingerprint density at radius 2 is 2.38 bits per heavy atom. The van der Waals surface area contributed by atoms with E-state index in [0.29, 0.717) is 11.7 Å². The van der Waals surface area contributed by atoms with Gasteiger partial charge in [-0.05, 0) is 18.4 Å². The van der Waals surface area contributed by atoms with Gasteiger partial charge in [-0.15, -0.1) is 0 Å². The fourth-order valence-corrected chi connectivity index (χ4v) is 1.43. The van der Waals surface area contributed by atoms with Gasteiger partial charge in [0.05, 0.1) is 6.04 Å². The average molecular weight is 201 g/mol. The molecule has 0 spiro atoms. The second-order valence-corrected chi connectivity index (χ2v) is 3.77. The summed E-state index contributed by atoms with van der Waals surface area (Å²) in [5.41, 5.74) is 5.85. The standard InChI is InChI=1S/C8H15N3OS/c1-3-7-10-8(11-12-7)6(9)4-5-13-2/h6H,3-5,9H2,1-2H3. The highest BCUT2D eigenvalue weighted by Gasteiger charge is 2.12. The van der Waals surface area contributed by atoms with E-state index in [1.165, 1.54) is 0 Å². The molecular weight excluding hydrogens is 186 g/mol. The van der Waals surface area contributed by atoms with Gasteiger partial charge in [0, 0.05) is 6.42 Å². The fraction of sp³-hybridized carbons (Fsp3) is 0.750. The molecule has 0 saturated heterocycles. The first kappa shape index (κ1) is 10.5. The minimum Gasteiger partial charge on any atom is -0.339 e. The largest absolute Gasteiger partial charge is 0.339 e. The van der Waals surface area contributed by atoms with Crippen LogP contribution < -0.4 is 5.73 Å². The summed E-state index contributed by atoms with van der Waals surface area (Å²) >= 11 is 1.77. The van der Waals surface area contributed by atoms with Crippen molar-refractivity contribution in [1.82, 2.24) is 10.1 Å². The molecule has 0 aliphatic heterocycles. The van der Waals surface area contributed by atoms with Gasteiger partial charge in [-0.2, -0.15) is 16.7 Å². The SMILES string of the molecule is CCc1nc(C(N)CCSC)no1. The molecule has 13 heavy (non-hydrogen) atoms. The quantitative estimate of drug-likeness (QED) is 0.779. The molecule has 1 aromatic rings. The Morgan fingerprint density at radius 1 is 1.62 bits per heavy atom. The van der Waals surface area contributed by atoms with Crippen molar-refractivity contribution in [3.63, 3.8) is 0 Å². The molecule has 0 saturated carbocycles. The van der Waals surface area contributed by atoms with E-state index in [1.807, 2.05) is 6.92 Å². The Balaban J connectivity index is 2.50. The molecule has 0 aliphatic rings. The number of hydrogen-bond donors (Lipinski definition) is 1. The third kappa shape index (κ3) is 3.00. The van der Waals surface area contributed by atoms with Gasteiger partial charge in [-0.3, -0.25) is 0 Å². The Hall–Kier alpha value is -0.550. The fourth-order valence-electron chi connectivity index (χ4n) is 0.936. The van der Waals surface area contributed by atoms with Gasteiger partial charge >= 0.3 is 0 Å². The highest BCUT2D eigenvalue weighted by molar-refractivity contribution is 7.98. The summed E-state index contributed by atoms with van der Waals surface area (Å²) in [7, 11) is 0. The van der Waals surface area contributed by atoms with Crippen molar-refractivity contribution >= 4 is 11.8 Å². The van der Waals surface area contributed by atoms with Gasteiger partial charge in [-0.1, -0.05) is 12.1 Å². The maximum absolute atomic E-state index is 5.85. The molecule has 1 heterocycles. The van der Waals surface area contributed by atoms with Crippen molar-refractivity contribution in [2.75, 3.05) is 12.0 Å². The third-order valence-corrected chi connectivity index (χ3v) is 2.39. The van der Waals surface area contributed by atoms with Crippen molar-refractivity contribution in [3.05, 3.63) is 11.7 Å². The van der Waals surface area contributed by atoms with Gasteiger partial charge in [0.25, 0.3) is 0 Å². The van der Waals surface area contributed by atoms with Gasteiger partial charge in [0.1, 0.15) is 0 Å². The molecule has 0 fully saturated rings. The smallest absolute Gasteiger partial charge is 0.226 e. The minimum absolute atomic E-state index is 0.0866. The number of rotatable bonds is 5. The minimum atomic E-state index is -0.0866. The van der Waals surface area contributed by atoms with Crippen LogP contribution in [0.5, 0.6) is 0 Å². The molecule has 0 radical (unpaired) electrons. The summed E-state index contributed by atoms with van der Waals surface area (Å²) in [5, 5.41) is 3.82. The summed E-state index contributed by atoms with van der Waals surface area (Å²) in [5.74, 6) is 2.32. The van der Waals surface area contributed by atoms with Gasteiger partial charge in [-0.25, -0.2) is 0 Å². The predicted molar refractivity (Wildman–Crippen MR) is 53.6 cm³/mol. The Labute approximate surface area is 82.3 Å². The second kappa shape index (κ2) is 5.24. The second-order valence-electron chi connectivity index (χ2n) is 2.79. The van der Waals surface area contributed by atoms with E-state index in [0.717, 1.165) is 18.6 Å². The third-order valence-electron chi connectivity index (χ3n) is 1.75. The summed E-state index contributed by atoms with van der Waals surface area (Å²) in [4.78, 5) is 4.17. The lowest BCUT2D eigenvalue weighted by Gasteiger charge is -2.03. The van der Waals surface area contributed by atoms with Crippen molar-refractivity contribution in [3.8, 4) is 0 Å². The zero-order valence-electron chi connectivity index (χ0n) is 7.99. The molecule has 5 heteroatoms. The molecule has 0 aliphatic carbocycles. The van der Waals surface area contributed by atoms with Crippen LogP contribution >= 0.6 is 11.8 Å². The Kier molecular flexibility index (Phi) is 4.24. The Morgan fingerprint density at radius 3 is 2.92 bits per heavy atom. The molecule has 1 atom stereocenters. The van der Waals surface area contributed by atoms with Crippen LogP contribution in [0.3, 0.4) is 0 Å². The monoisotopic (exact) mass is 201 g/mol. The maximum atomic E-state index is 5.85. The van der Waals surface area contributed by atoms with Gasteiger partial charge < -0.3 is 10.3 Å². The number of aromatic nitrogens is 2. The van der Waals surface area contributed by atoms with E-state index in [-0.39, 0.29) is 6.04 Å². The average Bonchev–Trinajstić information content (AvgIpc) is 2.62. The molecule has 1 unspecified atom stereocenters. The Bertz CT molecular complexity index is 251. The molecule has 0 bridgehead atoms. The zero-order chi connectivity index (χ0) is 9.68. The van der Waals surface area contributed by atoms with Crippen LogP contribution in [0.15, 0.2) is 4.52 Å². The number of nitrogens with zero attached hydrogens (tertiary/aromatic N) is 2. The van der Waals surface area contributed by atoms with Crippen LogP contribution in [0.4, 0.5) is 0 Å². The van der Waals surface area contributed by atoms with E-state index >= 15 is 0 Å². The predicted octanol–water partition coefficient (Wildman–Crippen LogP) is 1.38. The van der Waals surface area contributed by atoms with Crippen LogP contribution in [-0.4, -0.2) is 22.1 Å². The van der Waals surface area contributed by atoms with Gasteiger partial charge in [0.15, 0.2) is 5.82 Å². The van der Waals surface area contributed by atoms with Crippen molar-refractivity contribution in [1.29, 1.82) is 0 Å². The van der Waals surface area contributed by atoms with E-state index in [1.54, 1.807) is 11.8 Å². The normalized spacial score (nSPS) is 13.2. The lowest BCUT2D eigenvalue weighted by Crippen LogP contribution is -2.12. The topological polar surface area (TPSA) is 64.9 Å². The molecule has 0 aromatic carbocycles. The highest BCUT2D eigenvalue weighted by Crippen LogP contribution is 2.12. The lowest BCUT2D eigenvalue weighted by molar-refractivity contribution is 0.372. The summed E-state index contributed by atoms with van der Waals surface area (Å²) in [6.45, 7) is 1.98. The summed E-state index contributed by atoms with van der Waals surface area (Å²) in [6.07, 6.45) is 3.71. The van der Waals surface area contributed by atoms with E-state index in [9.17, 15) is 0 Å². The van der Waals surface area contributed by atoms with Crippen molar-refractivity contribution in [2.45, 2.75) is 25.8 Å². The number of hydrogen-bond acceptors (Lipinski definition) is 5. The van der Waals surface area contributed by atoms with E-state index < -0.39 is 0 Å². The summed E-state index contributed by atoms with van der Waals surface area (Å²) in [6, 6.07) is -0.0866. The van der Waals surface area contributed by atoms with E-state index in [2.05, 4.69) is 16.4 Å². The number of aryl methyl sites for hydroxylation is 1. The highest BCUT2D eigenvalue weighted by atomic mass is 32.2. The van der Waals surface area contributed by atoms with Crippen molar-refractivity contribution in [2.24, 2.45) is 5.73 Å². The molecule has 74 valence electrons. The van der Waals surface area contributed by atoms with Crippen LogP contribution in [0.1, 0.15) is 31.1 Å². The van der Waals surface area contributed by atoms with Crippen LogP contribution in [0, 0.1) is 0 Å². The first-order chi connectivity index (χ1) is 6.27. The first-order valence-corrected chi connectivity index (χ1v) is 5.74. The van der Waals surface area contributed by atoms with Crippen LogP contribution in [-0.2, 0) is 6.42 Å². The molecule has 1 aromatic heterocycles. The van der Waals surface area contributed by atoms with E-state index in [4.69, 9.17) is 10.3 Å². The van der Waals surface area contributed by atoms with Gasteiger partial charge in [0.2, 0.25) is 5.89 Å². The molecule has 1 rings (SSSR count). The molecule has 4 nitrogen and oxygen atoms in total.